The molecule has 7 nitrogen and oxygen atoms in total. The maximum atomic E-state index is 14.5. The van der Waals surface area contributed by atoms with Gasteiger partial charge in [-0.3, -0.25) is 9.59 Å². The fourth-order valence-electron chi connectivity index (χ4n) is 3.08. The Bertz CT molecular complexity index is 1140. The predicted molar refractivity (Wildman–Crippen MR) is 133 cm³/mol. The molecule has 0 N–H and O–H groups in total. The van der Waals surface area contributed by atoms with E-state index < -0.39 is 36.6 Å². The van der Waals surface area contributed by atoms with Crippen molar-refractivity contribution in [3.8, 4) is 11.6 Å². The van der Waals surface area contributed by atoms with Gasteiger partial charge in [0, 0.05) is 29.7 Å². The number of likely N-dealkylation sites (tertiary alicyclic amines) is 1. The number of carbonyl (C=O) groups excluding carboxylic acids is 2. The van der Waals surface area contributed by atoms with E-state index in [9.17, 15) is 31.5 Å². The lowest BCUT2D eigenvalue weighted by Gasteiger charge is -2.17. The number of benzene rings is 1. The predicted octanol–water partition coefficient (Wildman–Crippen LogP) is 6.58. The van der Waals surface area contributed by atoms with Gasteiger partial charge in [-0.05, 0) is 45.7 Å². The van der Waals surface area contributed by atoms with Crippen LogP contribution in [-0.4, -0.2) is 59.9 Å². The molecule has 2 aromatic rings. The van der Waals surface area contributed by atoms with Gasteiger partial charge in [0.25, 0.3) is 12.4 Å². The molecule has 39 heavy (non-hydrogen) atoms. The molecule has 0 aliphatic carbocycles. The average molecular weight is 601 g/mol. The lowest BCUT2D eigenvalue weighted by Crippen LogP contribution is -2.33. The molecular weight excluding hydrogens is 574 g/mol. The summed E-state index contributed by atoms with van der Waals surface area (Å²) >= 11 is 12.0. The second-order valence-electron chi connectivity index (χ2n) is 9.35. The zero-order chi connectivity index (χ0) is 29.4. The molecule has 0 unspecified atom stereocenters. The minimum atomic E-state index is -4.36. The summed E-state index contributed by atoms with van der Waals surface area (Å²) < 4.78 is 79.3. The SMILES string of the molecule is CC(C)(C)OC=O.O=C(c1cc(Cl)c(COc2cnc(OCC(F)(F)C(F)F)c(Cl)c2)cc1F)N1CCCC1. The highest BCUT2D eigenvalue weighted by Crippen LogP contribution is 2.30. The number of halogens is 7. The summed E-state index contributed by atoms with van der Waals surface area (Å²) in [5, 5.41) is -0.140. The Balaban J connectivity index is 0.000000673. The van der Waals surface area contributed by atoms with Gasteiger partial charge in [0.05, 0.1) is 11.8 Å². The van der Waals surface area contributed by atoms with Crippen molar-refractivity contribution in [3.05, 3.63) is 51.4 Å². The van der Waals surface area contributed by atoms with Crippen molar-refractivity contribution in [2.45, 2.75) is 58.2 Å². The summed E-state index contributed by atoms with van der Waals surface area (Å²) in [6, 6.07) is 3.49. The van der Waals surface area contributed by atoms with Gasteiger partial charge < -0.3 is 19.1 Å². The van der Waals surface area contributed by atoms with Gasteiger partial charge >= 0.3 is 12.3 Å². The first-order chi connectivity index (χ1) is 18.1. The highest BCUT2D eigenvalue weighted by atomic mass is 35.5. The van der Waals surface area contributed by atoms with E-state index in [0.717, 1.165) is 25.1 Å². The Labute approximate surface area is 232 Å². The second-order valence-corrected chi connectivity index (χ2v) is 10.2. The second kappa shape index (κ2) is 14.0. The van der Waals surface area contributed by atoms with E-state index in [1.54, 1.807) is 4.90 Å². The molecule has 1 aliphatic heterocycles. The summed E-state index contributed by atoms with van der Waals surface area (Å²) in [4.78, 5) is 27.2. The first kappa shape index (κ1) is 32.4. The molecule has 0 saturated carbocycles. The molecular formula is C25H27Cl2F5N2O5. The molecule has 0 bridgehead atoms. The third-order valence-electron chi connectivity index (χ3n) is 5.06. The van der Waals surface area contributed by atoms with E-state index in [2.05, 4.69) is 14.5 Å². The number of hydrogen-bond donors (Lipinski definition) is 0. The zero-order valence-electron chi connectivity index (χ0n) is 21.3. The molecule has 1 saturated heterocycles. The number of alkyl halides is 4. The van der Waals surface area contributed by atoms with Gasteiger partial charge in [-0.2, -0.15) is 8.78 Å². The fraction of sp³-hybridized carbons (Fsp3) is 0.480. The van der Waals surface area contributed by atoms with Crippen LogP contribution >= 0.6 is 23.2 Å². The van der Waals surface area contributed by atoms with Crippen LogP contribution in [0.25, 0.3) is 0 Å². The lowest BCUT2D eigenvalue weighted by atomic mass is 10.1. The Kier molecular flexibility index (Phi) is 11.6. The quantitative estimate of drug-likeness (QED) is 0.239. The summed E-state index contributed by atoms with van der Waals surface area (Å²) in [6.07, 6.45) is -1.10. The van der Waals surface area contributed by atoms with Crippen molar-refractivity contribution in [2.24, 2.45) is 0 Å². The zero-order valence-corrected chi connectivity index (χ0v) is 22.8. The molecule has 1 amide bonds. The van der Waals surface area contributed by atoms with Gasteiger partial charge in [-0.25, -0.2) is 18.2 Å². The van der Waals surface area contributed by atoms with Crippen molar-refractivity contribution in [1.82, 2.24) is 9.88 Å². The van der Waals surface area contributed by atoms with Crippen molar-refractivity contribution in [3.63, 3.8) is 0 Å². The molecule has 14 heteroatoms. The molecule has 1 fully saturated rings. The summed E-state index contributed by atoms with van der Waals surface area (Å²) in [6.45, 7) is 5.23. The molecule has 216 valence electrons. The monoisotopic (exact) mass is 600 g/mol. The van der Waals surface area contributed by atoms with Crippen molar-refractivity contribution < 1.29 is 45.8 Å². The molecule has 0 atom stereocenters. The van der Waals surface area contributed by atoms with Crippen LogP contribution < -0.4 is 9.47 Å². The number of aromatic nitrogens is 1. The molecule has 0 spiro atoms. The van der Waals surface area contributed by atoms with Crippen LogP contribution in [0.4, 0.5) is 22.0 Å². The summed E-state index contributed by atoms with van der Waals surface area (Å²) in [5.74, 6) is -5.95. The number of rotatable bonds is 9. The number of nitrogens with zero attached hydrogens (tertiary/aromatic N) is 2. The molecule has 1 aliphatic rings. The molecule has 1 aromatic heterocycles. The maximum Gasteiger partial charge on any atom is 0.340 e. The minimum Gasteiger partial charge on any atom is -0.487 e. The average Bonchev–Trinajstić information content (AvgIpc) is 3.38. The lowest BCUT2D eigenvalue weighted by molar-refractivity contribution is -0.148. The van der Waals surface area contributed by atoms with E-state index in [-0.39, 0.29) is 39.1 Å². The standard InChI is InChI=1S/C20H17Cl2F5N2O3.C5H10O2/c21-14-7-13(18(30)29-3-1-2-4-29)16(23)5-11(14)9-31-12-6-15(22)17(28-8-12)32-10-20(26,27)19(24)25;1-5(2,3)7-4-6/h5-8,19H,1-4,9-10H2;4H,1-3H3. The Morgan fingerprint density at radius 1 is 1.10 bits per heavy atom. The van der Waals surface area contributed by atoms with E-state index in [4.69, 9.17) is 27.9 Å². The maximum absolute atomic E-state index is 14.5. The molecule has 0 radical (unpaired) electrons. The van der Waals surface area contributed by atoms with Crippen LogP contribution in [0.2, 0.25) is 10.0 Å². The number of amides is 1. The molecule has 2 heterocycles. The van der Waals surface area contributed by atoms with E-state index in [0.29, 0.717) is 19.6 Å². The summed E-state index contributed by atoms with van der Waals surface area (Å²) in [7, 11) is 0. The smallest absolute Gasteiger partial charge is 0.340 e. The highest BCUT2D eigenvalue weighted by molar-refractivity contribution is 6.32. The number of ether oxygens (including phenoxy) is 3. The number of hydrogen-bond acceptors (Lipinski definition) is 6. The molecule has 3 rings (SSSR count). The third kappa shape index (κ3) is 9.99. The van der Waals surface area contributed by atoms with Crippen molar-refractivity contribution in [1.29, 1.82) is 0 Å². The molecule has 1 aromatic carbocycles. The van der Waals surface area contributed by atoms with Crippen LogP contribution in [0, 0.1) is 5.82 Å². The van der Waals surface area contributed by atoms with Gasteiger partial charge in [-0.1, -0.05) is 23.2 Å². The topological polar surface area (TPSA) is 78.0 Å². The van der Waals surface area contributed by atoms with Crippen molar-refractivity contribution >= 4 is 35.6 Å². The normalized spacial score (nSPS) is 13.6. The summed E-state index contributed by atoms with van der Waals surface area (Å²) in [5.41, 5.74) is -0.204. The van der Waals surface area contributed by atoms with Crippen LogP contribution in [0.3, 0.4) is 0 Å². The third-order valence-corrected chi connectivity index (χ3v) is 5.68. The first-order valence-corrected chi connectivity index (χ1v) is 12.4. The van der Waals surface area contributed by atoms with Crippen LogP contribution in [0.5, 0.6) is 11.6 Å². The van der Waals surface area contributed by atoms with Gasteiger partial charge in [0.15, 0.2) is 6.61 Å². The van der Waals surface area contributed by atoms with E-state index in [1.807, 2.05) is 20.8 Å². The van der Waals surface area contributed by atoms with Crippen molar-refractivity contribution in [2.75, 3.05) is 19.7 Å². The van der Waals surface area contributed by atoms with E-state index >= 15 is 0 Å². The number of carbonyl (C=O) groups is 2. The van der Waals surface area contributed by atoms with Gasteiger partial charge in [0.2, 0.25) is 5.88 Å². The Morgan fingerprint density at radius 3 is 2.26 bits per heavy atom. The largest absolute Gasteiger partial charge is 0.487 e. The van der Waals surface area contributed by atoms with Gasteiger partial charge in [0.1, 0.15) is 28.8 Å². The first-order valence-electron chi connectivity index (χ1n) is 11.6. The number of pyridine rings is 1. The van der Waals surface area contributed by atoms with Gasteiger partial charge in [-0.15, -0.1) is 0 Å². The fourth-order valence-corrected chi connectivity index (χ4v) is 3.51. The van der Waals surface area contributed by atoms with Crippen LogP contribution in [-0.2, 0) is 16.1 Å². The van der Waals surface area contributed by atoms with Crippen LogP contribution in [0.15, 0.2) is 24.4 Å². The highest BCUT2D eigenvalue weighted by Gasteiger charge is 2.42. The van der Waals surface area contributed by atoms with E-state index in [1.165, 1.54) is 12.1 Å². The van der Waals surface area contributed by atoms with Crippen LogP contribution in [0.1, 0.15) is 49.5 Å². The Morgan fingerprint density at radius 2 is 1.74 bits per heavy atom. The Hall–Kier alpha value is -2.86. The minimum absolute atomic E-state index is 0.0664.